The fourth-order valence-electron chi connectivity index (χ4n) is 2.63. The molecule has 2 aromatic heterocycles. The summed E-state index contributed by atoms with van der Waals surface area (Å²) in [5.41, 5.74) is 0.844. The molecule has 7 heteroatoms. The lowest BCUT2D eigenvalue weighted by Gasteiger charge is -2.35. The van der Waals surface area contributed by atoms with Crippen molar-refractivity contribution in [1.82, 2.24) is 20.0 Å². The molecule has 0 aromatic carbocycles. The zero-order chi connectivity index (χ0) is 16.2. The van der Waals surface area contributed by atoms with Crippen molar-refractivity contribution in [2.75, 3.05) is 31.1 Å². The predicted octanol–water partition coefficient (Wildman–Crippen LogP) is 1.75. The lowest BCUT2D eigenvalue weighted by atomic mass is 10.2. The summed E-state index contributed by atoms with van der Waals surface area (Å²) >= 11 is 0. The van der Waals surface area contributed by atoms with Gasteiger partial charge in [-0.2, -0.15) is 4.98 Å². The number of amides is 1. The summed E-state index contributed by atoms with van der Waals surface area (Å²) in [7, 11) is 0. The van der Waals surface area contributed by atoms with Gasteiger partial charge in [0.25, 0.3) is 0 Å². The van der Waals surface area contributed by atoms with E-state index in [-0.39, 0.29) is 5.91 Å². The Morgan fingerprint density at radius 3 is 2.57 bits per heavy atom. The smallest absolute Gasteiger partial charge is 0.226 e. The second kappa shape index (κ2) is 6.76. The van der Waals surface area contributed by atoms with Gasteiger partial charge in [0.15, 0.2) is 0 Å². The van der Waals surface area contributed by atoms with Crippen molar-refractivity contribution in [2.45, 2.75) is 26.7 Å². The molecule has 0 saturated carbocycles. The second-order valence-corrected chi connectivity index (χ2v) is 5.49. The van der Waals surface area contributed by atoms with Crippen LogP contribution in [0.2, 0.25) is 0 Å². The van der Waals surface area contributed by atoms with Crippen LogP contribution in [-0.2, 0) is 11.2 Å². The molecule has 122 valence electrons. The van der Waals surface area contributed by atoms with Crippen LogP contribution in [0.1, 0.15) is 26.2 Å². The zero-order valence-corrected chi connectivity index (χ0v) is 13.5. The highest BCUT2D eigenvalue weighted by Gasteiger charge is 2.20. The Hall–Kier alpha value is -2.44. The van der Waals surface area contributed by atoms with E-state index in [2.05, 4.69) is 20.0 Å². The SMILES string of the molecule is CCC(=O)N1CCN(c2ccc(-c3noc(CC)n3)cn2)CC1. The average molecular weight is 315 g/mol. The van der Waals surface area contributed by atoms with Gasteiger partial charge in [0.05, 0.1) is 0 Å². The van der Waals surface area contributed by atoms with Crippen LogP contribution in [0.4, 0.5) is 5.82 Å². The summed E-state index contributed by atoms with van der Waals surface area (Å²) in [4.78, 5) is 24.6. The Bertz CT molecular complexity index is 659. The molecule has 1 saturated heterocycles. The fourth-order valence-corrected chi connectivity index (χ4v) is 2.63. The minimum atomic E-state index is 0.219. The van der Waals surface area contributed by atoms with Crippen LogP contribution in [0.15, 0.2) is 22.9 Å². The van der Waals surface area contributed by atoms with E-state index >= 15 is 0 Å². The molecule has 3 heterocycles. The Morgan fingerprint density at radius 2 is 2.00 bits per heavy atom. The number of rotatable bonds is 4. The molecule has 0 radical (unpaired) electrons. The number of anilines is 1. The van der Waals surface area contributed by atoms with E-state index in [4.69, 9.17) is 4.52 Å². The quantitative estimate of drug-likeness (QED) is 0.855. The number of hydrogen-bond donors (Lipinski definition) is 0. The van der Waals surface area contributed by atoms with Gasteiger partial charge in [-0.25, -0.2) is 4.98 Å². The molecule has 1 aliphatic heterocycles. The second-order valence-electron chi connectivity index (χ2n) is 5.49. The van der Waals surface area contributed by atoms with Crippen molar-refractivity contribution >= 4 is 11.7 Å². The summed E-state index contributed by atoms with van der Waals surface area (Å²) in [6, 6.07) is 3.92. The van der Waals surface area contributed by atoms with E-state index in [1.54, 1.807) is 6.20 Å². The maximum Gasteiger partial charge on any atom is 0.226 e. The molecule has 0 atom stereocenters. The number of piperazine rings is 1. The van der Waals surface area contributed by atoms with Crippen LogP contribution in [-0.4, -0.2) is 52.1 Å². The molecule has 0 spiro atoms. The summed E-state index contributed by atoms with van der Waals surface area (Å²) in [6.07, 6.45) is 3.06. The van der Waals surface area contributed by atoms with E-state index in [1.165, 1.54) is 0 Å². The third kappa shape index (κ3) is 3.33. The molecule has 0 unspecified atom stereocenters. The van der Waals surface area contributed by atoms with Gasteiger partial charge >= 0.3 is 0 Å². The standard InChI is InChI=1S/C16H21N5O2/c1-3-14-18-16(19-23-14)12-5-6-13(17-11-12)20-7-9-21(10-8-20)15(22)4-2/h5-6,11H,3-4,7-10H2,1-2H3. The highest BCUT2D eigenvalue weighted by Crippen LogP contribution is 2.19. The van der Waals surface area contributed by atoms with Gasteiger partial charge in [-0.15, -0.1) is 0 Å². The van der Waals surface area contributed by atoms with Crippen LogP contribution >= 0.6 is 0 Å². The minimum Gasteiger partial charge on any atom is -0.353 e. The number of hydrogen-bond acceptors (Lipinski definition) is 6. The molecule has 1 aliphatic rings. The number of nitrogens with zero attached hydrogens (tertiary/aromatic N) is 5. The first-order valence-corrected chi connectivity index (χ1v) is 8.03. The largest absolute Gasteiger partial charge is 0.353 e. The van der Waals surface area contributed by atoms with Crippen molar-refractivity contribution in [3.05, 3.63) is 24.2 Å². The summed E-state index contributed by atoms with van der Waals surface area (Å²) in [5.74, 6) is 2.33. The first-order chi connectivity index (χ1) is 11.2. The predicted molar refractivity (Wildman–Crippen MR) is 86.0 cm³/mol. The first-order valence-electron chi connectivity index (χ1n) is 8.03. The van der Waals surface area contributed by atoms with Crippen molar-refractivity contribution in [2.24, 2.45) is 0 Å². The summed E-state index contributed by atoms with van der Waals surface area (Å²) in [6.45, 7) is 6.99. The van der Waals surface area contributed by atoms with Gasteiger partial charge in [-0.1, -0.05) is 19.0 Å². The van der Waals surface area contributed by atoms with E-state index in [0.717, 1.165) is 44.0 Å². The summed E-state index contributed by atoms with van der Waals surface area (Å²) in [5, 5.41) is 3.95. The maximum atomic E-state index is 11.7. The van der Waals surface area contributed by atoms with Crippen molar-refractivity contribution < 1.29 is 9.32 Å². The maximum absolute atomic E-state index is 11.7. The topological polar surface area (TPSA) is 75.4 Å². The first kappa shape index (κ1) is 15.5. The lowest BCUT2D eigenvalue weighted by Crippen LogP contribution is -2.48. The Balaban J connectivity index is 1.65. The Kier molecular flexibility index (Phi) is 4.55. The van der Waals surface area contributed by atoms with Gasteiger partial charge in [-0.05, 0) is 12.1 Å². The van der Waals surface area contributed by atoms with Gasteiger partial charge in [0, 0.05) is 50.8 Å². The molecule has 0 bridgehead atoms. The lowest BCUT2D eigenvalue weighted by molar-refractivity contribution is -0.131. The molecule has 23 heavy (non-hydrogen) atoms. The fraction of sp³-hybridized carbons (Fsp3) is 0.500. The van der Waals surface area contributed by atoms with Gasteiger partial charge in [0.1, 0.15) is 5.82 Å². The molecule has 7 nitrogen and oxygen atoms in total. The van der Waals surface area contributed by atoms with Crippen molar-refractivity contribution in [3.63, 3.8) is 0 Å². The third-order valence-corrected chi connectivity index (χ3v) is 4.04. The monoisotopic (exact) mass is 315 g/mol. The van der Waals surface area contributed by atoms with Crippen LogP contribution in [0, 0.1) is 0 Å². The number of carbonyl (C=O) groups is 1. The molecule has 0 aliphatic carbocycles. The highest BCUT2D eigenvalue weighted by molar-refractivity contribution is 5.76. The highest BCUT2D eigenvalue weighted by atomic mass is 16.5. The van der Waals surface area contributed by atoms with Crippen LogP contribution in [0.5, 0.6) is 0 Å². The summed E-state index contributed by atoms with van der Waals surface area (Å²) < 4.78 is 5.12. The van der Waals surface area contributed by atoms with E-state index < -0.39 is 0 Å². The molecule has 3 rings (SSSR count). The van der Waals surface area contributed by atoms with Crippen LogP contribution in [0.3, 0.4) is 0 Å². The number of aromatic nitrogens is 3. The Morgan fingerprint density at radius 1 is 1.22 bits per heavy atom. The Labute approximate surface area is 135 Å². The minimum absolute atomic E-state index is 0.219. The third-order valence-electron chi connectivity index (χ3n) is 4.04. The van der Waals surface area contributed by atoms with Gasteiger partial charge < -0.3 is 14.3 Å². The van der Waals surface area contributed by atoms with Gasteiger partial charge in [0.2, 0.25) is 17.6 Å². The number of pyridine rings is 1. The normalized spacial score (nSPS) is 15.0. The van der Waals surface area contributed by atoms with Crippen LogP contribution < -0.4 is 4.90 Å². The molecular weight excluding hydrogens is 294 g/mol. The van der Waals surface area contributed by atoms with Crippen molar-refractivity contribution in [3.8, 4) is 11.4 Å². The molecule has 2 aromatic rings. The van der Waals surface area contributed by atoms with Crippen LogP contribution in [0.25, 0.3) is 11.4 Å². The molecule has 1 amide bonds. The number of aryl methyl sites for hydroxylation is 1. The average Bonchev–Trinajstić information content (AvgIpc) is 3.10. The van der Waals surface area contributed by atoms with Gasteiger partial charge in [-0.3, -0.25) is 4.79 Å². The molecular formula is C16H21N5O2. The number of carbonyl (C=O) groups excluding carboxylic acids is 1. The van der Waals surface area contributed by atoms with E-state index in [0.29, 0.717) is 18.1 Å². The zero-order valence-electron chi connectivity index (χ0n) is 13.5. The van der Waals surface area contributed by atoms with E-state index in [9.17, 15) is 4.79 Å². The van der Waals surface area contributed by atoms with E-state index in [1.807, 2.05) is 30.9 Å². The molecule has 0 N–H and O–H groups in total. The van der Waals surface area contributed by atoms with Crippen molar-refractivity contribution in [1.29, 1.82) is 0 Å². The molecule has 1 fully saturated rings.